The lowest BCUT2D eigenvalue weighted by Gasteiger charge is -2.09. The summed E-state index contributed by atoms with van der Waals surface area (Å²) in [6.07, 6.45) is 2.35. The van der Waals surface area contributed by atoms with E-state index in [-0.39, 0.29) is 12.5 Å². The van der Waals surface area contributed by atoms with Crippen molar-refractivity contribution in [2.24, 2.45) is 0 Å². The Labute approximate surface area is 164 Å². The minimum Gasteiger partial charge on any atom is -0.452 e. The summed E-state index contributed by atoms with van der Waals surface area (Å²) in [5.41, 5.74) is 3.38. The van der Waals surface area contributed by atoms with Crippen molar-refractivity contribution in [1.29, 1.82) is 0 Å². The number of esters is 1. The van der Waals surface area contributed by atoms with Crippen molar-refractivity contribution in [2.45, 2.75) is 26.2 Å². The second-order valence-corrected chi connectivity index (χ2v) is 6.95. The number of carbonyl (C=O) groups is 2. The van der Waals surface area contributed by atoms with Crippen LogP contribution in [0.1, 0.15) is 41.3 Å². The zero-order valence-corrected chi connectivity index (χ0v) is 16.1. The maximum atomic E-state index is 12.3. The van der Waals surface area contributed by atoms with Crippen LogP contribution in [0.15, 0.2) is 60.8 Å². The van der Waals surface area contributed by atoms with Gasteiger partial charge in [-0.25, -0.2) is 4.79 Å². The molecule has 3 rings (SSSR count). The summed E-state index contributed by atoms with van der Waals surface area (Å²) in [6, 6.07) is 17.4. The molecule has 0 aliphatic rings. The van der Waals surface area contributed by atoms with Crippen LogP contribution in [0.4, 0.5) is 0 Å². The summed E-state index contributed by atoms with van der Waals surface area (Å²) in [6.45, 7) is 4.50. The molecule has 5 nitrogen and oxygen atoms in total. The van der Waals surface area contributed by atoms with Crippen LogP contribution >= 0.6 is 0 Å². The van der Waals surface area contributed by atoms with Gasteiger partial charge < -0.3 is 10.1 Å². The molecular weight excluding hydrogens is 352 g/mol. The van der Waals surface area contributed by atoms with E-state index in [1.54, 1.807) is 24.4 Å². The highest BCUT2D eigenvalue weighted by atomic mass is 16.5. The second kappa shape index (κ2) is 9.13. The summed E-state index contributed by atoms with van der Waals surface area (Å²) in [5, 5.41) is 3.63. The Bertz CT molecular complexity index is 960. The number of carbonyl (C=O) groups excluding carboxylic acids is 2. The van der Waals surface area contributed by atoms with Crippen molar-refractivity contribution in [3.63, 3.8) is 0 Å². The van der Waals surface area contributed by atoms with Gasteiger partial charge in [0.25, 0.3) is 5.91 Å². The Kier molecular flexibility index (Phi) is 6.37. The molecule has 1 aromatic heterocycles. The first-order valence-electron chi connectivity index (χ1n) is 9.41. The van der Waals surface area contributed by atoms with Gasteiger partial charge in [0, 0.05) is 18.1 Å². The molecule has 1 amide bonds. The molecule has 0 atom stereocenters. The van der Waals surface area contributed by atoms with Crippen LogP contribution in [0.5, 0.6) is 0 Å². The molecule has 3 aromatic rings. The van der Waals surface area contributed by atoms with E-state index in [0.717, 1.165) is 17.4 Å². The van der Waals surface area contributed by atoms with E-state index >= 15 is 0 Å². The predicted molar refractivity (Wildman–Crippen MR) is 109 cm³/mol. The van der Waals surface area contributed by atoms with Crippen LogP contribution in [0.3, 0.4) is 0 Å². The van der Waals surface area contributed by atoms with Gasteiger partial charge in [0.05, 0.1) is 11.1 Å². The number of nitrogens with zero attached hydrogens (tertiary/aromatic N) is 1. The minimum atomic E-state index is -0.552. The van der Waals surface area contributed by atoms with Crippen molar-refractivity contribution >= 4 is 22.8 Å². The largest absolute Gasteiger partial charge is 0.452 e. The molecule has 0 aliphatic carbocycles. The topological polar surface area (TPSA) is 68.3 Å². The number of fused-ring (bicyclic) bond motifs is 1. The first-order chi connectivity index (χ1) is 13.5. The first kappa shape index (κ1) is 19.5. The Hall–Kier alpha value is -3.21. The lowest BCUT2D eigenvalue weighted by atomic mass is 10.0. The average Bonchev–Trinajstić information content (AvgIpc) is 2.72. The van der Waals surface area contributed by atoms with Crippen molar-refractivity contribution < 1.29 is 14.3 Å². The first-order valence-corrected chi connectivity index (χ1v) is 9.41. The van der Waals surface area contributed by atoms with Gasteiger partial charge in [-0.1, -0.05) is 56.3 Å². The van der Waals surface area contributed by atoms with Gasteiger partial charge in [-0.05, 0) is 35.6 Å². The number of hydrogen-bond acceptors (Lipinski definition) is 4. The fraction of sp³-hybridized carbons (Fsp3) is 0.261. The van der Waals surface area contributed by atoms with Crippen molar-refractivity contribution in [3.05, 3.63) is 77.5 Å². The fourth-order valence-electron chi connectivity index (χ4n) is 2.94. The number of hydrogen-bond donors (Lipinski definition) is 1. The van der Waals surface area contributed by atoms with E-state index in [1.165, 1.54) is 5.56 Å². The van der Waals surface area contributed by atoms with Crippen molar-refractivity contribution in [2.75, 3.05) is 13.2 Å². The molecule has 0 saturated carbocycles. The molecule has 1 N–H and O–H groups in total. The van der Waals surface area contributed by atoms with Crippen LogP contribution in [-0.2, 0) is 16.0 Å². The molecule has 0 aliphatic heterocycles. The highest BCUT2D eigenvalue weighted by Crippen LogP contribution is 2.17. The predicted octanol–water partition coefficient (Wildman–Crippen LogP) is 3.87. The number of ether oxygens (including phenoxy) is 1. The van der Waals surface area contributed by atoms with E-state index < -0.39 is 5.97 Å². The molecule has 0 radical (unpaired) electrons. The molecule has 5 heteroatoms. The van der Waals surface area contributed by atoms with Crippen molar-refractivity contribution in [1.82, 2.24) is 10.3 Å². The third-order valence-corrected chi connectivity index (χ3v) is 4.57. The molecular formula is C23H24N2O3. The van der Waals surface area contributed by atoms with Crippen LogP contribution in [-0.4, -0.2) is 30.0 Å². The van der Waals surface area contributed by atoms with E-state index in [9.17, 15) is 9.59 Å². The highest BCUT2D eigenvalue weighted by Gasteiger charge is 2.14. The summed E-state index contributed by atoms with van der Waals surface area (Å²) < 4.78 is 5.15. The number of aromatic nitrogens is 1. The monoisotopic (exact) mass is 376 g/mol. The highest BCUT2D eigenvalue weighted by molar-refractivity contribution is 6.03. The van der Waals surface area contributed by atoms with Gasteiger partial charge in [0.2, 0.25) is 0 Å². The maximum Gasteiger partial charge on any atom is 0.340 e. The smallest absolute Gasteiger partial charge is 0.340 e. The Morgan fingerprint density at radius 1 is 1.04 bits per heavy atom. The van der Waals surface area contributed by atoms with Gasteiger partial charge in [0.15, 0.2) is 6.61 Å². The molecule has 0 saturated heterocycles. The van der Waals surface area contributed by atoms with Gasteiger partial charge in [-0.2, -0.15) is 0 Å². The fourth-order valence-corrected chi connectivity index (χ4v) is 2.94. The lowest BCUT2D eigenvalue weighted by Crippen LogP contribution is -2.30. The van der Waals surface area contributed by atoms with E-state index in [1.807, 2.05) is 12.1 Å². The second-order valence-electron chi connectivity index (χ2n) is 6.95. The van der Waals surface area contributed by atoms with Gasteiger partial charge in [-0.3, -0.25) is 9.78 Å². The third-order valence-electron chi connectivity index (χ3n) is 4.57. The molecule has 28 heavy (non-hydrogen) atoms. The van der Waals surface area contributed by atoms with E-state index in [2.05, 4.69) is 48.4 Å². The van der Waals surface area contributed by atoms with Crippen molar-refractivity contribution in [3.8, 4) is 0 Å². The standard InChI is InChI=1S/C23H24N2O3/c1-16(2)18-10-8-17(9-11-18)12-14-24-21(26)15-28-23(27)20-7-3-5-19-6-4-13-25-22(19)20/h3-11,13,16H,12,14-15H2,1-2H3,(H,24,26). The van der Waals surface area contributed by atoms with Gasteiger partial charge in [-0.15, -0.1) is 0 Å². The quantitative estimate of drug-likeness (QED) is 0.636. The number of rotatable bonds is 7. The minimum absolute atomic E-state index is 0.311. The number of para-hydroxylation sites is 1. The summed E-state index contributed by atoms with van der Waals surface area (Å²) in [5.74, 6) is -0.371. The zero-order chi connectivity index (χ0) is 19.9. The molecule has 2 aromatic carbocycles. The number of benzene rings is 2. The van der Waals surface area contributed by atoms with E-state index in [4.69, 9.17) is 4.74 Å². The molecule has 0 spiro atoms. The Morgan fingerprint density at radius 3 is 2.54 bits per heavy atom. The van der Waals surface area contributed by atoms with Gasteiger partial charge in [0.1, 0.15) is 0 Å². The lowest BCUT2D eigenvalue weighted by molar-refractivity contribution is -0.124. The van der Waals surface area contributed by atoms with E-state index in [0.29, 0.717) is 23.5 Å². The SMILES string of the molecule is CC(C)c1ccc(CCNC(=O)COC(=O)c2cccc3cccnc23)cc1. The Morgan fingerprint density at radius 2 is 1.79 bits per heavy atom. The number of pyridine rings is 1. The Balaban J connectivity index is 1.47. The van der Waals surface area contributed by atoms with Crippen LogP contribution in [0.2, 0.25) is 0 Å². The van der Waals surface area contributed by atoms with Crippen LogP contribution in [0, 0.1) is 0 Å². The molecule has 0 bridgehead atoms. The number of amides is 1. The van der Waals surface area contributed by atoms with Crippen LogP contribution in [0.25, 0.3) is 10.9 Å². The summed E-state index contributed by atoms with van der Waals surface area (Å²) in [7, 11) is 0. The van der Waals surface area contributed by atoms with Crippen LogP contribution < -0.4 is 5.32 Å². The molecule has 0 unspecified atom stereocenters. The number of nitrogens with one attached hydrogen (secondary N) is 1. The van der Waals surface area contributed by atoms with Gasteiger partial charge >= 0.3 is 5.97 Å². The summed E-state index contributed by atoms with van der Waals surface area (Å²) >= 11 is 0. The zero-order valence-electron chi connectivity index (χ0n) is 16.1. The molecule has 144 valence electrons. The summed E-state index contributed by atoms with van der Waals surface area (Å²) in [4.78, 5) is 28.5. The maximum absolute atomic E-state index is 12.3. The molecule has 0 fully saturated rings. The molecule has 1 heterocycles. The average molecular weight is 376 g/mol. The normalized spacial score (nSPS) is 10.8. The third kappa shape index (κ3) is 4.94.